The molecule has 2 aliphatic carbocycles. The molecule has 0 aromatic rings. The standard InChI is InChI=1S/C13H21Br/c1-2-7-12-10-13(12,14)11-8-5-3-4-6-9-11/h2,11-12H,1,3-10H2. The van der Waals surface area contributed by atoms with Gasteiger partial charge in [0.05, 0.1) is 0 Å². The molecule has 2 aliphatic rings. The van der Waals surface area contributed by atoms with Gasteiger partial charge >= 0.3 is 0 Å². The van der Waals surface area contributed by atoms with Gasteiger partial charge in [0.1, 0.15) is 0 Å². The maximum absolute atomic E-state index is 4.01. The van der Waals surface area contributed by atoms with Crippen LogP contribution in [0.4, 0.5) is 0 Å². The lowest BCUT2D eigenvalue weighted by Gasteiger charge is -2.21. The fourth-order valence-electron chi connectivity index (χ4n) is 3.06. The van der Waals surface area contributed by atoms with Crippen LogP contribution in [0, 0.1) is 11.8 Å². The summed E-state index contributed by atoms with van der Waals surface area (Å²) in [7, 11) is 0. The van der Waals surface area contributed by atoms with Crippen LogP contribution in [-0.2, 0) is 0 Å². The monoisotopic (exact) mass is 256 g/mol. The van der Waals surface area contributed by atoms with Crippen LogP contribution in [0.2, 0.25) is 0 Å². The van der Waals surface area contributed by atoms with Crippen LogP contribution in [0.5, 0.6) is 0 Å². The zero-order chi connectivity index (χ0) is 10.0. The van der Waals surface area contributed by atoms with Crippen molar-refractivity contribution in [3.05, 3.63) is 12.7 Å². The normalized spacial score (nSPS) is 39.1. The van der Waals surface area contributed by atoms with Crippen molar-refractivity contribution >= 4 is 15.9 Å². The second kappa shape index (κ2) is 4.38. The largest absolute Gasteiger partial charge is 0.103 e. The van der Waals surface area contributed by atoms with Gasteiger partial charge in [-0.2, -0.15) is 0 Å². The molecule has 2 saturated carbocycles. The van der Waals surface area contributed by atoms with Gasteiger partial charge in [-0.1, -0.05) is 47.7 Å². The Morgan fingerprint density at radius 1 is 1.21 bits per heavy atom. The molecule has 2 atom stereocenters. The molecule has 0 N–H and O–H groups in total. The maximum Gasteiger partial charge on any atom is 0.0321 e. The van der Waals surface area contributed by atoms with Gasteiger partial charge < -0.3 is 0 Å². The van der Waals surface area contributed by atoms with Crippen molar-refractivity contribution in [1.29, 1.82) is 0 Å². The molecule has 2 unspecified atom stereocenters. The smallest absolute Gasteiger partial charge is 0.0321 e. The van der Waals surface area contributed by atoms with E-state index in [1.165, 1.54) is 51.4 Å². The summed E-state index contributed by atoms with van der Waals surface area (Å²) in [6.45, 7) is 3.85. The third-order valence-electron chi connectivity index (χ3n) is 4.06. The molecule has 0 aliphatic heterocycles. The summed E-state index contributed by atoms with van der Waals surface area (Å²) in [6.07, 6.45) is 13.4. The summed E-state index contributed by atoms with van der Waals surface area (Å²) in [5.74, 6) is 1.85. The molecule has 0 amide bonds. The Morgan fingerprint density at radius 2 is 1.86 bits per heavy atom. The maximum atomic E-state index is 4.01. The second-order valence-corrected chi connectivity index (χ2v) is 6.52. The lowest BCUT2D eigenvalue weighted by Crippen LogP contribution is -2.17. The molecule has 80 valence electrons. The highest BCUT2D eigenvalue weighted by Crippen LogP contribution is 2.60. The molecule has 2 fully saturated rings. The van der Waals surface area contributed by atoms with E-state index in [9.17, 15) is 0 Å². The van der Waals surface area contributed by atoms with Gasteiger partial charge in [0, 0.05) is 4.32 Å². The molecule has 0 aromatic carbocycles. The van der Waals surface area contributed by atoms with Crippen LogP contribution in [0.3, 0.4) is 0 Å². The highest BCUT2D eigenvalue weighted by molar-refractivity contribution is 9.10. The van der Waals surface area contributed by atoms with E-state index in [1.54, 1.807) is 0 Å². The van der Waals surface area contributed by atoms with Crippen molar-refractivity contribution in [3.63, 3.8) is 0 Å². The summed E-state index contributed by atoms with van der Waals surface area (Å²) in [5, 5.41) is 0. The van der Waals surface area contributed by atoms with Crippen LogP contribution in [0.15, 0.2) is 12.7 Å². The van der Waals surface area contributed by atoms with Crippen molar-refractivity contribution in [2.24, 2.45) is 11.8 Å². The average Bonchev–Trinajstić information content (AvgIpc) is 2.87. The minimum Gasteiger partial charge on any atom is -0.103 e. The van der Waals surface area contributed by atoms with E-state index >= 15 is 0 Å². The summed E-state index contributed by atoms with van der Waals surface area (Å²) >= 11 is 4.01. The first-order chi connectivity index (χ1) is 6.77. The Morgan fingerprint density at radius 3 is 2.43 bits per heavy atom. The molecule has 0 aromatic heterocycles. The van der Waals surface area contributed by atoms with Crippen molar-refractivity contribution in [3.8, 4) is 0 Å². The zero-order valence-corrected chi connectivity index (χ0v) is 10.6. The van der Waals surface area contributed by atoms with Crippen molar-refractivity contribution in [2.75, 3.05) is 0 Å². The first-order valence-electron chi connectivity index (χ1n) is 6.07. The molecule has 2 rings (SSSR count). The van der Waals surface area contributed by atoms with Crippen molar-refractivity contribution < 1.29 is 0 Å². The fraction of sp³-hybridized carbons (Fsp3) is 0.846. The highest BCUT2D eigenvalue weighted by Gasteiger charge is 2.55. The molecular weight excluding hydrogens is 236 g/mol. The van der Waals surface area contributed by atoms with Crippen LogP contribution in [0.1, 0.15) is 51.4 Å². The van der Waals surface area contributed by atoms with Gasteiger partial charge in [-0.25, -0.2) is 0 Å². The predicted molar refractivity (Wildman–Crippen MR) is 65.8 cm³/mol. The molecule has 0 saturated heterocycles. The van der Waals surface area contributed by atoms with E-state index in [-0.39, 0.29) is 0 Å². The number of allylic oxidation sites excluding steroid dienone is 1. The number of hydrogen-bond acceptors (Lipinski definition) is 0. The molecule has 0 radical (unpaired) electrons. The predicted octanol–water partition coefficient (Wildman–Crippen LogP) is 4.69. The van der Waals surface area contributed by atoms with E-state index in [0.29, 0.717) is 4.32 Å². The number of halogens is 1. The minimum atomic E-state index is 0.519. The first-order valence-corrected chi connectivity index (χ1v) is 6.86. The summed E-state index contributed by atoms with van der Waals surface area (Å²) in [6, 6.07) is 0. The van der Waals surface area contributed by atoms with Gasteiger partial charge in [-0.3, -0.25) is 0 Å². The van der Waals surface area contributed by atoms with Crippen LogP contribution in [-0.4, -0.2) is 4.32 Å². The third-order valence-corrected chi connectivity index (χ3v) is 5.68. The first kappa shape index (κ1) is 10.7. The van der Waals surface area contributed by atoms with Crippen LogP contribution in [0.25, 0.3) is 0 Å². The van der Waals surface area contributed by atoms with Crippen molar-refractivity contribution in [1.82, 2.24) is 0 Å². The van der Waals surface area contributed by atoms with Gasteiger partial charge in [0.25, 0.3) is 0 Å². The lowest BCUT2D eigenvalue weighted by molar-refractivity contribution is 0.419. The topological polar surface area (TPSA) is 0 Å². The summed E-state index contributed by atoms with van der Waals surface area (Å²) in [4.78, 5) is 0. The van der Waals surface area contributed by atoms with Crippen molar-refractivity contribution in [2.45, 2.75) is 55.7 Å². The minimum absolute atomic E-state index is 0.519. The number of alkyl halides is 1. The van der Waals surface area contributed by atoms with E-state index in [1.807, 2.05) is 0 Å². The van der Waals surface area contributed by atoms with Crippen LogP contribution < -0.4 is 0 Å². The average molecular weight is 257 g/mol. The number of hydrogen-bond donors (Lipinski definition) is 0. The van der Waals surface area contributed by atoms with E-state index < -0.39 is 0 Å². The van der Waals surface area contributed by atoms with E-state index in [0.717, 1.165) is 11.8 Å². The van der Waals surface area contributed by atoms with Gasteiger partial charge in [0.15, 0.2) is 0 Å². The van der Waals surface area contributed by atoms with Gasteiger partial charge in [-0.05, 0) is 37.5 Å². The van der Waals surface area contributed by atoms with Gasteiger partial charge in [-0.15, -0.1) is 6.58 Å². The Hall–Kier alpha value is 0.220. The molecule has 0 heterocycles. The second-order valence-electron chi connectivity index (χ2n) is 5.04. The Kier molecular flexibility index (Phi) is 3.36. The molecule has 1 heteroatoms. The highest BCUT2D eigenvalue weighted by atomic mass is 79.9. The zero-order valence-electron chi connectivity index (χ0n) is 8.97. The molecular formula is C13H21Br. The molecule has 0 bridgehead atoms. The molecule has 14 heavy (non-hydrogen) atoms. The summed E-state index contributed by atoms with van der Waals surface area (Å²) in [5.41, 5.74) is 0. The quantitative estimate of drug-likeness (QED) is 0.391. The Bertz CT molecular complexity index is 203. The lowest BCUT2D eigenvalue weighted by atomic mass is 9.93. The fourth-order valence-corrected chi connectivity index (χ4v) is 4.09. The van der Waals surface area contributed by atoms with Crippen LogP contribution >= 0.6 is 15.9 Å². The Balaban J connectivity index is 1.90. The van der Waals surface area contributed by atoms with E-state index in [4.69, 9.17) is 0 Å². The summed E-state index contributed by atoms with van der Waals surface area (Å²) < 4.78 is 0.519. The molecule has 0 nitrogen and oxygen atoms in total. The van der Waals surface area contributed by atoms with E-state index in [2.05, 4.69) is 28.6 Å². The SMILES string of the molecule is C=CCC1CC1(Br)C1CCCCCC1. The third kappa shape index (κ3) is 2.08. The molecule has 0 spiro atoms. The number of rotatable bonds is 3. The Labute approximate surface area is 96.3 Å². The van der Waals surface area contributed by atoms with Gasteiger partial charge in [0.2, 0.25) is 0 Å².